The van der Waals surface area contributed by atoms with Gasteiger partial charge >= 0.3 is 24.1 Å². The number of cyclic esters (lactones) is 1. The Bertz CT molecular complexity index is 1070. The molecule has 33 heavy (non-hydrogen) atoms. The van der Waals surface area contributed by atoms with Gasteiger partial charge in [0.25, 0.3) is 0 Å². The summed E-state index contributed by atoms with van der Waals surface area (Å²) < 4.78 is 50.7. The number of carboxylic acid groups (broad SMARTS) is 2. The molecule has 1 unspecified atom stereocenters. The first kappa shape index (κ1) is 25.8. The Morgan fingerprint density at radius 1 is 1.24 bits per heavy atom. The second-order valence-electron chi connectivity index (χ2n) is 6.73. The number of carbonyl (C=O) groups is 3. The third kappa shape index (κ3) is 6.75. The van der Waals surface area contributed by atoms with Gasteiger partial charge in [-0.15, -0.1) is 10.2 Å². The van der Waals surface area contributed by atoms with Crippen LogP contribution in [0.15, 0.2) is 24.3 Å². The van der Waals surface area contributed by atoms with Crippen molar-refractivity contribution in [1.82, 2.24) is 10.2 Å². The maximum atomic E-state index is 14.0. The van der Waals surface area contributed by atoms with Gasteiger partial charge in [-0.25, -0.2) is 14.0 Å². The fourth-order valence-corrected chi connectivity index (χ4v) is 2.94. The quantitative estimate of drug-likeness (QED) is 0.476. The fraction of sp³-hybridized carbons (Fsp3) is 0.316. The molecule has 1 aromatic carbocycles. The molecule has 0 saturated carbocycles. The summed E-state index contributed by atoms with van der Waals surface area (Å²) in [6.45, 7) is 0.598. The Balaban J connectivity index is 0.000000479. The molecule has 9 nitrogen and oxygen atoms in total. The summed E-state index contributed by atoms with van der Waals surface area (Å²) in [6, 6.07) is 5.15. The number of rotatable bonds is 5. The lowest BCUT2D eigenvalue weighted by atomic mass is 10.1. The summed E-state index contributed by atoms with van der Waals surface area (Å²) in [5.74, 6) is -5.17. The van der Waals surface area contributed by atoms with Crippen LogP contribution in [0.4, 0.5) is 23.4 Å². The zero-order valence-corrected chi connectivity index (χ0v) is 17.5. The predicted molar refractivity (Wildman–Crippen MR) is 105 cm³/mol. The number of nitrogens with zero attached hydrogens (tertiary/aromatic N) is 3. The summed E-state index contributed by atoms with van der Waals surface area (Å²) in [7, 11) is 1.61. The topological polar surface area (TPSA) is 130 Å². The first-order valence-corrected chi connectivity index (χ1v) is 9.43. The van der Waals surface area contributed by atoms with E-state index in [1.807, 2.05) is 0 Å². The van der Waals surface area contributed by atoms with Gasteiger partial charge in [-0.2, -0.15) is 13.2 Å². The van der Waals surface area contributed by atoms with E-state index in [1.165, 1.54) is 29.2 Å². The smallest absolute Gasteiger partial charge is 0.478 e. The number of aromatic carboxylic acids is 1. The number of anilines is 1. The first-order valence-electron chi connectivity index (χ1n) is 9.05. The van der Waals surface area contributed by atoms with E-state index in [2.05, 4.69) is 10.2 Å². The number of alkyl halides is 3. The molecule has 0 radical (unpaired) electrons. The van der Waals surface area contributed by atoms with E-state index in [9.17, 15) is 32.3 Å². The summed E-state index contributed by atoms with van der Waals surface area (Å²) in [5.41, 5.74) is -0.0378. The minimum atomic E-state index is -5.08. The van der Waals surface area contributed by atoms with Gasteiger partial charge in [-0.1, -0.05) is 11.6 Å². The lowest BCUT2D eigenvalue weighted by Gasteiger charge is -2.21. The number of aliphatic carboxylic acids is 1. The SMILES string of the molecule is CN(CC1CCOC1=O)c1nnc(-c2cc(Cl)ccc2F)cc1C(=O)O.O=C(O)C(F)(F)F. The highest BCUT2D eigenvalue weighted by molar-refractivity contribution is 6.30. The highest BCUT2D eigenvalue weighted by Gasteiger charge is 2.38. The van der Waals surface area contributed by atoms with Crippen molar-refractivity contribution in [3.8, 4) is 11.3 Å². The molecule has 178 valence electrons. The van der Waals surface area contributed by atoms with Crippen LogP contribution in [0.25, 0.3) is 11.3 Å². The van der Waals surface area contributed by atoms with Gasteiger partial charge in [-0.3, -0.25) is 4.79 Å². The number of aromatic nitrogens is 2. The van der Waals surface area contributed by atoms with Crippen LogP contribution in [0.5, 0.6) is 0 Å². The van der Waals surface area contributed by atoms with Gasteiger partial charge in [-0.05, 0) is 30.7 Å². The number of carboxylic acids is 2. The van der Waals surface area contributed by atoms with E-state index in [-0.39, 0.29) is 41.1 Å². The minimum absolute atomic E-state index is 0.0554. The van der Waals surface area contributed by atoms with Crippen LogP contribution in [0.2, 0.25) is 5.02 Å². The Kier molecular flexibility index (Phi) is 8.14. The van der Waals surface area contributed by atoms with Gasteiger partial charge in [0.1, 0.15) is 11.4 Å². The van der Waals surface area contributed by atoms with Crippen LogP contribution in [0.1, 0.15) is 16.8 Å². The lowest BCUT2D eigenvalue weighted by Crippen LogP contribution is -2.30. The third-order valence-corrected chi connectivity index (χ3v) is 4.59. The average molecular weight is 494 g/mol. The number of benzene rings is 1. The number of hydrogen-bond acceptors (Lipinski definition) is 7. The van der Waals surface area contributed by atoms with Crippen molar-refractivity contribution in [2.75, 3.05) is 25.1 Å². The maximum Gasteiger partial charge on any atom is 0.490 e. The predicted octanol–water partition coefficient (Wildman–Crippen LogP) is 3.27. The molecule has 1 saturated heterocycles. The Morgan fingerprint density at radius 2 is 1.88 bits per heavy atom. The summed E-state index contributed by atoms with van der Waals surface area (Å²) in [5, 5.41) is 24.8. The van der Waals surface area contributed by atoms with Crippen molar-refractivity contribution in [3.63, 3.8) is 0 Å². The van der Waals surface area contributed by atoms with E-state index in [4.69, 9.17) is 26.2 Å². The molecule has 14 heteroatoms. The number of esters is 1. The zero-order valence-electron chi connectivity index (χ0n) is 16.8. The van der Waals surface area contributed by atoms with Gasteiger partial charge in [0.05, 0.1) is 18.2 Å². The molecule has 2 N–H and O–H groups in total. The number of ether oxygens (including phenoxy) is 1. The number of carbonyl (C=O) groups excluding carboxylic acids is 1. The molecular formula is C19H16ClF4N3O6. The monoisotopic (exact) mass is 493 g/mol. The highest BCUT2D eigenvalue weighted by atomic mass is 35.5. The third-order valence-electron chi connectivity index (χ3n) is 4.35. The van der Waals surface area contributed by atoms with Gasteiger partial charge in [0, 0.05) is 24.2 Å². The lowest BCUT2D eigenvalue weighted by molar-refractivity contribution is -0.192. The second-order valence-corrected chi connectivity index (χ2v) is 7.17. The molecular weight excluding hydrogens is 478 g/mol. The second kappa shape index (κ2) is 10.4. The van der Waals surface area contributed by atoms with E-state index >= 15 is 0 Å². The minimum Gasteiger partial charge on any atom is -0.478 e. The standard InChI is InChI=1S/C17H15ClFN3O4.C2HF3O2/c1-22(8-9-4-5-26-17(9)25)15-12(16(23)24)7-14(20-21-15)11-6-10(18)2-3-13(11)19;3-2(4,5)1(6)7/h2-3,6-7,9H,4-5,8H2,1H3,(H,23,24);(H,6,7). The molecule has 1 aliphatic heterocycles. The van der Waals surface area contributed by atoms with Crippen molar-refractivity contribution >= 4 is 35.3 Å². The van der Waals surface area contributed by atoms with Crippen molar-refractivity contribution in [2.45, 2.75) is 12.6 Å². The Morgan fingerprint density at radius 3 is 2.39 bits per heavy atom. The van der Waals surface area contributed by atoms with Crippen LogP contribution < -0.4 is 4.90 Å². The highest BCUT2D eigenvalue weighted by Crippen LogP contribution is 2.28. The largest absolute Gasteiger partial charge is 0.490 e. The molecule has 2 heterocycles. The van der Waals surface area contributed by atoms with Crippen molar-refractivity contribution < 1.29 is 46.9 Å². The molecule has 0 spiro atoms. The van der Waals surface area contributed by atoms with Crippen molar-refractivity contribution in [3.05, 3.63) is 40.7 Å². The van der Waals surface area contributed by atoms with Crippen molar-refractivity contribution in [1.29, 1.82) is 0 Å². The fourth-order valence-electron chi connectivity index (χ4n) is 2.77. The van der Waals surface area contributed by atoms with Crippen LogP contribution in [0.3, 0.4) is 0 Å². The summed E-state index contributed by atoms with van der Waals surface area (Å²) in [6.07, 6.45) is -4.52. The van der Waals surface area contributed by atoms with Gasteiger partial charge in [0.15, 0.2) is 5.82 Å². The molecule has 2 aromatic rings. The van der Waals surface area contributed by atoms with E-state index in [1.54, 1.807) is 7.05 Å². The van der Waals surface area contributed by atoms with Crippen LogP contribution in [-0.4, -0.2) is 64.7 Å². The average Bonchev–Trinajstić information content (AvgIpc) is 3.13. The molecule has 0 amide bonds. The molecule has 0 aliphatic carbocycles. The number of hydrogen-bond donors (Lipinski definition) is 2. The summed E-state index contributed by atoms with van der Waals surface area (Å²) >= 11 is 5.88. The molecule has 3 rings (SSSR count). The van der Waals surface area contributed by atoms with Crippen LogP contribution in [-0.2, 0) is 14.3 Å². The molecule has 1 fully saturated rings. The Labute approximate surface area is 188 Å². The Hall–Kier alpha value is -3.48. The van der Waals surface area contributed by atoms with Crippen LogP contribution >= 0.6 is 11.6 Å². The zero-order chi connectivity index (χ0) is 24.9. The van der Waals surface area contributed by atoms with Crippen LogP contribution in [0, 0.1) is 11.7 Å². The molecule has 1 aromatic heterocycles. The van der Waals surface area contributed by atoms with E-state index < -0.39 is 23.9 Å². The molecule has 1 atom stereocenters. The van der Waals surface area contributed by atoms with E-state index in [0.29, 0.717) is 18.1 Å². The molecule has 0 bridgehead atoms. The van der Waals surface area contributed by atoms with Gasteiger partial charge in [0.2, 0.25) is 0 Å². The number of halogens is 5. The van der Waals surface area contributed by atoms with Gasteiger partial charge < -0.3 is 19.8 Å². The first-order chi connectivity index (χ1) is 15.3. The van der Waals surface area contributed by atoms with E-state index in [0.717, 1.165) is 0 Å². The molecule has 1 aliphatic rings. The normalized spacial score (nSPS) is 15.3. The summed E-state index contributed by atoms with van der Waals surface area (Å²) in [4.78, 5) is 33.7. The maximum absolute atomic E-state index is 14.0. The van der Waals surface area contributed by atoms with Crippen molar-refractivity contribution in [2.24, 2.45) is 5.92 Å².